The number of rotatable bonds is 11. The number of carbonyl (C=O) groups is 3. The molecule has 1 heterocycles. The van der Waals surface area contributed by atoms with Crippen molar-refractivity contribution in [2.24, 2.45) is 5.92 Å². The minimum Gasteiger partial charge on any atom is -0.481 e. The van der Waals surface area contributed by atoms with Gasteiger partial charge in [-0.05, 0) is 49.6 Å². The van der Waals surface area contributed by atoms with Crippen LogP contribution in [-0.4, -0.2) is 52.4 Å². The predicted octanol–water partition coefficient (Wildman–Crippen LogP) is 6.17. The van der Waals surface area contributed by atoms with Crippen molar-refractivity contribution in [1.82, 2.24) is 15.1 Å². The molecule has 0 aliphatic carbocycles. The molecule has 210 valence electrons. The van der Waals surface area contributed by atoms with Gasteiger partial charge in [-0.2, -0.15) is 0 Å². The van der Waals surface area contributed by atoms with E-state index in [9.17, 15) is 19.5 Å². The molecule has 3 amide bonds. The van der Waals surface area contributed by atoms with E-state index in [0.29, 0.717) is 39.7 Å². The molecule has 0 aromatic heterocycles. The van der Waals surface area contributed by atoms with Crippen LogP contribution in [0.25, 0.3) is 0 Å². The van der Waals surface area contributed by atoms with Crippen molar-refractivity contribution >= 4 is 41.1 Å². The Kier molecular flexibility index (Phi) is 11.7. The van der Waals surface area contributed by atoms with Gasteiger partial charge in [0.2, 0.25) is 0 Å². The molecule has 7 nitrogen and oxygen atoms in total. The van der Waals surface area contributed by atoms with Gasteiger partial charge >= 0.3 is 12.0 Å². The Morgan fingerprint density at radius 3 is 2.45 bits per heavy atom. The summed E-state index contributed by atoms with van der Waals surface area (Å²) in [6, 6.07) is 11.9. The number of nitrogens with one attached hydrogen (secondary N) is 1. The summed E-state index contributed by atoms with van der Waals surface area (Å²) in [5, 5.41) is 13.3. The molecule has 9 heteroatoms. The molecule has 0 bridgehead atoms. The van der Waals surface area contributed by atoms with E-state index in [1.807, 2.05) is 37.3 Å². The maximum atomic E-state index is 13.5. The minimum absolute atomic E-state index is 0.0829. The normalized spacial score (nSPS) is 15.7. The van der Waals surface area contributed by atoms with E-state index < -0.39 is 5.97 Å². The van der Waals surface area contributed by atoms with Crippen molar-refractivity contribution in [3.05, 3.63) is 93.0 Å². The molecule has 1 aliphatic rings. The maximum absolute atomic E-state index is 13.5. The fourth-order valence-electron chi connectivity index (χ4n) is 4.58. The molecule has 2 N–H and O–H groups in total. The minimum atomic E-state index is -0.931. The van der Waals surface area contributed by atoms with Gasteiger partial charge in [0.05, 0.1) is 6.42 Å². The molecule has 1 atom stereocenters. The van der Waals surface area contributed by atoms with E-state index in [-0.39, 0.29) is 50.5 Å². The van der Waals surface area contributed by atoms with E-state index in [1.165, 1.54) is 0 Å². The summed E-state index contributed by atoms with van der Waals surface area (Å²) in [6.45, 7) is 5.03. The van der Waals surface area contributed by atoms with Crippen LogP contribution >= 0.6 is 23.2 Å². The molecule has 0 radical (unpaired) electrons. The number of nitrogens with zero attached hydrogens (tertiary/aromatic N) is 2. The molecule has 0 saturated carbocycles. The number of carboxylic acids is 1. The van der Waals surface area contributed by atoms with E-state index in [1.54, 1.807) is 47.1 Å². The molecule has 40 heavy (non-hydrogen) atoms. The zero-order valence-electron chi connectivity index (χ0n) is 22.6. The predicted molar refractivity (Wildman–Crippen MR) is 158 cm³/mol. The number of allylic oxidation sites excluding steroid dienone is 3. The maximum Gasteiger partial charge on any atom is 0.320 e. The van der Waals surface area contributed by atoms with Crippen LogP contribution in [0.1, 0.15) is 48.2 Å². The summed E-state index contributed by atoms with van der Waals surface area (Å²) in [5.41, 5.74) is 2.76. The highest BCUT2D eigenvalue weighted by molar-refractivity contribution is 6.35. The standard InChI is InChI=1S/C31H33Cl2N3O4/c1-3-5-9-22(8-4-2)14-15-34-30(39)27-11-7-6-10-24(27)20-35-18-23(16-29(37)38)19-36(31(35)40)21-25-12-13-26(32)17-28(25)33/h3,5-7,9-13,17,23H,14-16,18-21H2,1-2H3,(H,34,39)(H,37,38)/b5-3-,22-9+. The molecule has 3 rings (SSSR count). The number of urea groups is 1. The first kappa shape index (κ1) is 30.8. The monoisotopic (exact) mass is 581 g/mol. The number of aliphatic carboxylic acids is 1. The first-order valence-corrected chi connectivity index (χ1v) is 13.8. The Morgan fingerprint density at radius 2 is 1.80 bits per heavy atom. The third-order valence-corrected chi connectivity index (χ3v) is 7.00. The summed E-state index contributed by atoms with van der Waals surface area (Å²) < 4.78 is 0. The second kappa shape index (κ2) is 15.2. The van der Waals surface area contributed by atoms with Crippen LogP contribution in [0.15, 0.2) is 66.3 Å². The highest BCUT2D eigenvalue weighted by Crippen LogP contribution is 2.27. The van der Waals surface area contributed by atoms with Crippen molar-refractivity contribution in [2.45, 2.75) is 39.8 Å². The van der Waals surface area contributed by atoms with Crippen LogP contribution < -0.4 is 5.32 Å². The van der Waals surface area contributed by atoms with E-state index >= 15 is 0 Å². The second-order valence-corrected chi connectivity index (χ2v) is 10.3. The lowest BCUT2D eigenvalue weighted by Gasteiger charge is -2.40. The van der Waals surface area contributed by atoms with Crippen molar-refractivity contribution in [2.75, 3.05) is 19.6 Å². The van der Waals surface area contributed by atoms with Crippen LogP contribution in [0, 0.1) is 17.8 Å². The molecule has 1 aliphatic heterocycles. The Balaban J connectivity index is 1.76. The first-order valence-electron chi connectivity index (χ1n) is 13.0. The molecule has 1 unspecified atom stereocenters. The van der Waals surface area contributed by atoms with Crippen LogP contribution in [-0.2, 0) is 17.9 Å². The summed E-state index contributed by atoms with van der Waals surface area (Å²) in [4.78, 5) is 41.4. The largest absolute Gasteiger partial charge is 0.481 e. The number of amides is 3. The van der Waals surface area contributed by atoms with Crippen LogP contribution in [0.4, 0.5) is 4.79 Å². The topological polar surface area (TPSA) is 89.9 Å². The van der Waals surface area contributed by atoms with Gasteiger partial charge in [0.1, 0.15) is 0 Å². The van der Waals surface area contributed by atoms with Crippen LogP contribution in [0.2, 0.25) is 10.0 Å². The van der Waals surface area contributed by atoms with Crippen LogP contribution in [0.3, 0.4) is 0 Å². The summed E-state index contributed by atoms with van der Waals surface area (Å²) in [5.74, 6) is 4.47. The van der Waals surface area contributed by atoms with Crippen molar-refractivity contribution in [1.29, 1.82) is 0 Å². The summed E-state index contributed by atoms with van der Waals surface area (Å²) in [7, 11) is 0. The summed E-state index contributed by atoms with van der Waals surface area (Å²) in [6.07, 6.45) is 6.26. The van der Waals surface area contributed by atoms with E-state index in [0.717, 1.165) is 5.57 Å². The second-order valence-electron chi connectivity index (χ2n) is 9.50. The molecule has 2 aromatic carbocycles. The third-order valence-electron chi connectivity index (χ3n) is 6.42. The van der Waals surface area contributed by atoms with Gasteiger partial charge in [-0.3, -0.25) is 9.59 Å². The fraction of sp³-hybridized carbons (Fsp3) is 0.323. The molecule has 1 fully saturated rings. The number of halogens is 2. The van der Waals surface area contributed by atoms with Gasteiger partial charge in [0.25, 0.3) is 5.91 Å². The average Bonchev–Trinajstić information content (AvgIpc) is 2.91. The molecule has 0 spiro atoms. The number of benzene rings is 2. The first-order chi connectivity index (χ1) is 19.2. The van der Waals surface area contributed by atoms with Crippen molar-refractivity contribution in [3.8, 4) is 11.8 Å². The Labute approximate surface area is 245 Å². The van der Waals surface area contributed by atoms with Crippen molar-refractivity contribution in [3.63, 3.8) is 0 Å². The van der Waals surface area contributed by atoms with Gasteiger partial charge in [-0.25, -0.2) is 4.79 Å². The van der Waals surface area contributed by atoms with Crippen LogP contribution in [0.5, 0.6) is 0 Å². The number of hydrogen-bond donors (Lipinski definition) is 2. The zero-order chi connectivity index (χ0) is 29.1. The lowest BCUT2D eigenvalue weighted by molar-refractivity contribution is -0.138. The highest BCUT2D eigenvalue weighted by Gasteiger charge is 2.33. The van der Waals surface area contributed by atoms with Gasteiger partial charge in [-0.1, -0.05) is 71.6 Å². The third kappa shape index (κ3) is 8.90. The Bertz CT molecular complexity index is 1360. The number of carbonyl (C=O) groups excluding carboxylic acids is 2. The van der Waals surface area contributed by atoms with E-state index in [4.69, 9.17) is 23.2 Å². The summed E-state index contributed by atoms with van der Waals surface area (Å²) >= 11 is 12.4. The molecular weight excluding hydrogens is 549 g/mol. The molecule has 2 aromatic rings. The highest BCUT2D eigenvalue weighted by atomic mass is 35.5. The lowest BCUT2D eigenvalue weighted by atomic mass is 9.99. The SMILES string of the molecule is CC#C/C(=C\C=C/C)CCNC(=O)c1ccccc1CN1CC(CC(=O)O)CN(Cc2ccc(Cl)cc2Cl)C1=O. The number of carboxylic acid groups (broad SMARTS) is 1. The van der Waals surface area contributed by atoms with Gasteiger partial charge in [-0.15, -0.1) is 5.92 Å². The van der Waals surface area contributed by atoms with Crippen molar-refractivity contribution < 1.29 is 19.5 Å². The zero-order valence-corrected chi connectivity index (χ0v) is 24.1. The van der Waals surface area contributed by atoms with Gasteiger partial charge in [0, 0.05) is 59.8 Å². The molecule has 1 saturated heterocycles. The van der Waals surface area contributed by atoms with Gasteiger partial charge in [0.15, 0.2) is 0 Å². The Hall–Kier alpha value is -3.73. The Morgan fingerprint density at radius 1 is 1.10 bits per heavy atom. The van der Waals surface area contributed by atoms with Gasteiger partial charge < -0.3 is 20.2 Å². The van der Waals surface area contributed by atoms with E-state index in [2.05, 4.69) is 17.2 Å². The smallest absolute Gasteiger partial charge is 0.320 e. The average molecular weight is 583 g/mol. The number of hydrogen-bond acceptors (Lipinski definition) is 3. The lowest BCUT2D eigenvalue weighted by Crippen LogP contribution is -2.53. The molecular formula is C31H33Cl2N3O4. The quantitative estimate of drug-likeness (QED) is 0.245. The fourth-order valence-corrected chi connectivity index (χ4v) is 5.05.